The zero-order valence-corrected chi connectivity index (χ0v) is 11.2. The van der Waals surface area contributed by atoms with Gasteiger partial charge in [-0.05, 0) is 42.4 Å². The standard InChI is InChI=1S/C16H20O2/c1-3-12-7-6-8-13-14-9-4-5-10-16(14,15(12)13)18-11-17-2/h4,6,8-9H,3,5,7,10-11H2,1-2H3. The third kappa shape index (κ3) is 1.49. The van der Waals surface area contributed by atoms with E-state index in [9.17, 15) is 0 Å². The molecule has 1 unspecified atom stereocenters. The van der Waals surface area contributed by atoms with Gasteiger partial charge in [-0.3, -0.25) is 0 Å². The number of rotatable bonds is 4. The predicted octanol–water partition coefficient (Wildman–Crippen LogP) is 3.67. The molecule has 0 spiro atoms. The van der Waals surface area contributed by atoms with E-state index >= 15 is 0 Å². The molecule has 0 bridgehead atoms. The third-order valence-corrected chi connectivity index (χ3v) is 4.20. The summed E-state index contributed by atoms with van der Waals surface area (Å²) in [6, 6.07) is 0. The number of hydrogen-bond acceptors (Lipinski definition) is 2. The molecule has 2 heteroatoms. The van der Waals surface area contributed by atoms with E-state index in [0.29, 0.717) is 6.79 Å². The fraction of sp³-hybridized carbons (Fsp3) is 0.500. The van der Waals surface area contributed by atoms with Gasteiger partial charge in [0.25, 0.3) is 0 Å². The average Bonchev–Trinajstić information content (AvgIpc) is 2.42. The van der Waals surface area contributed by atoms with Crippen molar-refractivity contribution in [3.05, 3.63) is 46.6 Å². The van der Waals surface area contributed by atoms with E-state index in [4.69, 9.17) is 9.47 Å². The summed E-state index contributed by atoms with van der Waals surface area (Å²) in [5.41, 5.74) is 5.55. The normalized spacial score (nSPS) is 29.2. The van der Waals surface area contributed by atoms with Gasteiger partial charge in [0.1, 0.15) is 12.4 Å². The minimum absolute atomic E-state index is 0.170. The lowest BCUT2D eigenvalue weighted by molar-refractivity contribution is -0.105. The first-order valence-electron chi connectivity index (χ1n) is 6.77. The summed E-state index contributed by atoms with van der Waals surface area (Å²) in [6.07, 6.45) is 13.3. The van der Waals surface area contributed by atoms with Gasteiger partial charge >= 0.3 is 0 Å². The van der Waals surface area contributed by atoms with E-state index in [0.717, 1.165) is 25.7 Å². The molecule has 0 saturated heterocycles. The largest absolute Gasteiger partial charge is 0.359 e. The van der Waals surface area contributed by atoms with Crippen molar-refractivity contribution in [3.63, 3.8) is 0 Å². The highest BCUT2D eigenvalue weighted by molar-refractivity contribution is 5.71. The van der Waals surface area contributed by atoms with Crippen LogP contribution in [-0.2, 0) is 9.47 Å². The third-order valence-electron chi connectivity index (χ3n) is 4.20. The molecular weight excluding hydrogens is 224 g/mol. The molecule has 3 aliphatic carbocycles. The van der Waals surface area contributed by atoms with Gasteiger partial charge in [-0.25, -0.2) is 0 Å². The summed E-state index contributed by atoms with van der Waals surface area (Å²) in [5.74, 6) is 0. The summed E-state index contributed by atoms with van der Waals surface area (Å²) < 4.78 is 11.2. The first-order valence-corrected chi connectivity index (χ1v) is 6.77. The second-order valence-corrected chi connectivity index (χ2v) is 5.08. The van der Waals surface area contributed by atoms with E-state index < -0.39 is 0 Å². The van der Waals surface area contributed by atoms with Crippen LogP contribution in [0.4, 0.5) is 0 Å². The molecule has 0 aliphatic heterocycles. The second kappa shape index (κ2) is 4.52. The quantitative estimate of drug-likeness (QED) is 0.702. The molecule has 0 aromatic rings. The Hall–Kier alpha value is -1.12. The van der Waals surface area contributed by atoms with E-state index in [2.05, 4.69) is 31.2 Å². The monoisotopic (exact) mass is 244 g/mol. The van der Waals surface area contributed by atoms with Crippen LogP contribution in [0.25, 0.3) is 0 Å². The maximum Gasteiger partial charge on any atom is 0.148 e. The van der Waals surface area contributed by atoms with Crippen LogP contribution in [0.2, 0.25) is 0 Å². The zero-order valence-electron chi connectivity index (χ0n) is 11.2. The summed E-state index contributed by atoms with van der Waals surface area (Å²) in [7, 11) is 1.69. The molecule has 18 heavy (non-hydrogen) atoms. The zero-order chi connectivity index (χ0) is 12.6. The van der Waals surface area contributed by atoms with Gasteiger partial charge in [0.15, 0.2) is 0 Å². The van der Waals surface area contributed by atoms with Crippen LogP contribution in [-0.4, -0.2) is 19.5 Å². The minimum atomic E-state index is -0.170. The Morgan fingerprint density at radius 2 is 2.17 bits per heavy atom. The molecule has 96 valence electrons. The van der Waals surface area contributed by atoms with Crippen molar-refractivity contribution in [2.75, 3.05) is 13.9 Å². The molecule has 0 aromatic heterocycles. The molecule has 0 N–H and O–H groups in total. The van der Waals surface area contributed by atoms with E-state index in [1.165, 1.54) is 22.3 Å². The summed E-state index contributed by atoms with van der Waals surface area (Å²) >= 11 is 0. The predicted molar refractivity (Wildman–Crippen MR) is 72.2 cm³/mol. The van der Waals surface area contributed by atoms with Crippen LogP contribution in [0, 0.1) is 0 Å². The van der Waals surface area contributed by atoms with Gasteiger partial charge in [0.05, 0.1) is 0 Å². The molecule has 0 fully saturated rings. The minimum Gasteiger partial charge on any atom is -0.359 e. The Morgan fingerprint density at radius 3 is 2.94 bits per heavy atom. The van der Waals surface area contributed by atoms with Crippen LogP contribution in [0.15, 0.2) is 46.6 Å². The summed E-state index contributed by atoms with van der Waals surface area (Å²) in [6.45, 7) is 2.61. The lowest BCUT2D eigenvalue weighted by Crippen LogP contribution is -2.48. The van der Waals surface area contributed by atoms with Crippen LogP contribution >= 0.6 is 0 Å². The van der Waals surface area contributed by atoms with Gasteiger partial charge in [-0.2, -0.15) is 0 Å². The first-order chi connectivity index (χ1) is 8.83. The fourth-order valence-corrected chi connectivity index (χ4v) is 3.39. The highest BCUT2D eigenvalue weighted by Crippen LogP contribution is 2.55. The van der Waals surface area contributed by atoms with Crippen molar-refractivity contribution in [2.45, 2.75) is 38.2 Å². The van der Waals surface area contributed by atoms with Gasteiger partial charge in [0, 0.05) is 7.11 Å². The van der Waals surface area contributed by atoms with Gasteiger partial charge in [0.2, 0.25) is 0 Å². The molecule has 0 amide bonds. The van der Waals surface area contributed by atoms with Crippen LogP contribution < -0.4 is 0 Å². The summed E-state index contributed by atoms with van der Waals surface area (Å²) in [5, 5.41) is 0. The Morgan fingerprint density at radius 1 is 1.28 bits per heavy atom. The average molecular weight is 244 g/mol. The molecule has 1 atom stereocenters. The molecule has 0 heterocycles. The fourth-order valence-electron chi connectivity index (χ4n) is 3.39. The van der Waals surface area contributed by atoms with Gasteiger partial charge in [-0.1, -0.05) is 36.8 Å². The van der Waals surface area contributed by atoms with Crippen LogP contribution in [0.3, 0.4) is 0 Å². The molecule has 2 nitrogen and oxygen atoms in total. The molecule has 0 aromatic carbocycles. The molecule has 0 saturated carbocycles. The van der Waals surface area contributed by atoms with Crippen molar-refractivity contribution in [1.29, 1.82) is 0 Å². The van der Waals surface area contributed by atoms with Gasteiger partial charge < -0.3 is 9.47 Å². The maximum atomic E-state index is 6.10. The smallest absolute Gasteiger partial charge is 0.148 e. The first kappa shape index (κ1) is 11.9. The Kier molecular flexibility index (Phi) is 3.00. The number of ether oxygens (including phenoxy) is 2. The molecule has 3 aliphatic rings. The van der Waals surface area contributed by atoms with E-state index in [-0.39, 0.29) is 5.60 Å². The van der Waals surface area contributed by atoms with Crippen LogP contribution in [0.1, 0.15) is 32.6 Å². The molecule has 3 rings (SSSR count). The Bertz CT molecular complexity index is 479. The van der Waals surface area contributed by atoms with E-state index in [1.54, 1.807) is 7.11 Å². The lowest BCUT2D eigenvalue weighted by atomic mass is 9.61. The number of hydrogen-bond donors (Lipinski definition) is 0. The van der Waals surface area contributed by atoms with Crippen molar-refractivity contribution < 1.29 is 9.47 Å². The highest BCUT2D eigenvalue weighted by Gasteiger charge is 2.51. The van der Waals surface area contributed by atoms with Crippen molar-refractivity contribution in [3.8, 4) is 0 Å². The number of methoxy groups -OCH3 is 1. The topological polar surface area (TPSA) is 18.5 Å². The van der Waals surface area contributed by atoms with Crippen molar-refractivity contribution in [2.24, 2.45) is 0 Å². The summed E-state index contributed by atoms with van der Waals surface area (Å²) in [4.78, 5) is 0. The molecule has 0 radical (unpaired) electrons. The maximum absolute atomic E-state index is 6.10. The second-order valence-electron chi connectivity index (χ2n) is 5.08. The van der Waals surface area contributed by atoms with Crippen LogP contribution in [0.5, 0.6) is 0 Å². The van der Waals surface area contributed by atoms with Crippen molar-refractivity contribution in [1.82, 2.24) is 0 Å². The highest BCUT2D eigenvalue weighted by atomic mass is 16.7. The Labute approximate surface area is 109 Å². The lowest BCUT2D eigenvalue weighted by Gasteiger charge is -2.50. The Balaban J connectivity index is 2.07. The van der Waals surface area contributed by atoms with Crippen molar-refractivity contribution >= 4 is 0 Å². The number of fused-ring (bicyclic) bond motifs is 3. The van der Waals surface area contributed by atoms with E-state index in [1.807, 2.05) is 0 Å². The molecular formula is C16H20O2. The van der Waals surface area contributed by atoms with Gasteiger partial charge in [-0.15, -0.1) is 0 Å². The SMILES string of the molecule is CCC1=C2C(=C3C=CCCC32OCOC)C=CC1. The number of allylic oxidation sites excluding steroid dienone is 4.